The molecular formula is C7H5BrN2S. The molecule has 0 saturated carbocycles. The molecule has 0 aliphatic heterocycles. The molecule has 2 heterocycles. The molecular weight excluding hydrogens is 224 g/mol. The molecule has 0 aliphatic rings. The van der Waals surface area contributed by atoms with Gasteiger partial charge in [-0.15, -0.1) is 11.3 Å². The highest BCUT2D eigenvalue weighted by Crippen LogP contribution is 2.32. The van der Waals surface area contributed by atoms with E-state index in [1.807, 2.05) is 6.20 Å². The van der Waals surface area contributed by atoms with Crippen LogP contribution in [0.25, 0.3) is 10.2 Å². The van der Waals surface area contributed by atoms with Gasteiger partial charge >= 0.3 is 0 Å². The van der Waals surface area contributed by atoms with Gasteiger partial charge in [0.1, 0.15) is 6.33 Å². The number of rotatable bonds is 0. The van der Waals surface area contributed by atoms with Crippen molar-refractivity contribution >= 4 is 37.5 Å². The minimum atomic E-state index is 1.05. The van der Waals surface area contributed by atoms with Crippen LogP contribution in [0.15, 0.2) is 16.3 Å². The van der Waals surface area contributed by atoms with Crippen LogP contribution in [0.4, 0.5) is 0 Å². The van der Waals surface area contributed by atoms with Crippen LogP contribution in [0.5, 0.6) is 0 Å². The van der Waals surface area contributed by atoms with Crippen molar-refractivity contribution in [3.05, 3.63) is 21.9 Å². The minimum Gasteiger partial charge on any atom is -0.243 e. The molecule has 11 heavy (non-hydrogen) atoms. The first kappa shape index (κ1) is 7.18. The van der Waals surface area contributed by atoms with Crippen LogP contribution in [0.3, 0.4) is 0 Å². The van der Waals surface area contributed by atoms with Crippen molar-refractivity contribution in [2.24, 2.45) is 0 Å². The summed E-state index contributed by atoms with van der Waals surface area (Å²) in [4.78, 5) is 8.12. The van der Waals surface area contributed by atoms with Gasteiger partial charge in [-0.05, 0) is 22.9 Å². The molecule has 0 amide bonds. The Morgan fingerprint density at radius 3 is 3.09 bits per heavy atom. The fraction of sp³-hybridized carbons (Fsp3) is 0.143. The number of nitrogens with zero attached hydrogens (tertiary/aromatic N) is 2. The zero-order chi connectivity index (χ0) is 7.84. The minimum absolute atomic E-state index is 1.05. The van der Waals surface area contributed by atoms with Gasteiger partial charge in [0.25, 0.3) is 0 Å². The van der Waals surface area contributed by atoms with Crippen LogP contribution in [-0.2, 0) is 0 Å². The predicted molar refractivity (Wildman–Crippen MR) is 49.9 cm³/mol. The summed E-state index contributed by atoms with van der Waals surface area (Å²) in [5, 5.41) is 0. The highest BCUT2D eigenvalue weighted by atomic mass is 79.9. The van der Waals surface area contributed by atoms with Crippen molar-refractivity contribution in [3.63, 3.8) is 0 Å². The Labute approximate surface area is 76.4 Å². The Bertz CT molecular complexity index is 396. The zero-order valence-electron chi connectivity index (χ0n) is 5.84. The summed E-state index contributed by atoms with van der Waals surface area (Å²) in [5.41, 5.74) is 2.25. The normalized spacial score (nSPS) is 10.7. The molecule has 2 nitrogen and oxygen atoms in total. The lowest BCUT2D eigenvalue weighted by molar-refractivity contribution is 1.22. The lowest BCUT2D eigenvalue weighted by Gasteiger charge is -1.86. The maximum Gasteiger partial charge on any atom is 0.116 e. The smallest absolute Gasteiger partial charge is 0.116 e. The maximum atomic E-state index is 4.17. The van der Waals surface area contributed by atoms with E-state index >= 15 is 0 Å². The number of aryl methyl sites for hydroxylation is 1. The zero-order valence-corrected chi connectivity index (χ0v) is 8.24. The molecule has 2 aromatic rings. The molecule has 0 unspecified atom stereocenters. The van der Waals surface area contributed by atoms with Gasteiger partial charge < -0.3 is 0 Å². The summed E-state index contributed by atoms with van der Waals surface area (Å²) in [6.07, 6.45) is 3.42. The first-order chi connectivity index (χ1) is 5.29. The number of hydrogen-bond acceptors (Lipinski definition) is 3. The molecule has 0 atom stereocenters. The van der Waals surface area contributed by atoms with E-state index in [9.17, 15) is 0 Å². The molecule has 56 valence electrons. The summed E-state index contributed by atoms with van der Waals surface area (Å²) in [7, 11) is 0. The van der Waals surface area contributed by atoms with Crippen LogP contribution >= 0.6 is 27.3 Å². The van der Waals surface area contributed by atoms with Crippen molar-refractivity contribution in [2.45, 2.75) is 6.92 Å². The quantitative estimate of drug-likeness (QED) is 0.694. The van der Waals surface area contributed by atoms with E-state index in [-0.39, 0.29) is 0 Å². The average molecular weight is 229 g/mol. The molecule has 0 bridgehead atoms. The second-order valence-electron chi connectivity index (χ2n) is 2.24. The van der Waals surface area contributed by atoms with Crippen LogP contribution in [0.2, 0.25) is 0 Å². The lowest BCUT2D eigenvalue weighted by Crippen LogP contribution is -1.76. The van der Waals surface area contributed by atoms with Crippen molar-refractivity contribution in [2.75, 3.05) is 0 Å². The molecule has 2 rings (SSSR count). The van der Waals surface area contributed by atoms with E-state index < -0.39 is 0 Å². The van der Waals surface area contributed by atoms with Crippen molar-refractivity contribution in [3.8, 4) is 0 Å². The predicted octanol–water partition coefficient (Wildman–Crippen LogP) is 2.76. The van der Waals surface area contributed by atoms with Crippen LogP contribution in [-0.4, -0.2) is 9.97 Å². The van der Waals surface area contributed by atoms with Crippen molar-refractivity contribution in [1.29, 1.82) is 0 Å². The maximum absolute atomic E-state index is 4.17. The molecule has 0 N–H and O–H groups in total. The molecule has 0 aliphatic carbocycles. The van der Waals surface area contributed by atoms with Crippen LogP contribution < -0.4 is 0 Å². The summed E-state index contributed by atoms with van der Waals surface area (Å²) >= 11 is 5.13. The van der Waals surface area contributed by atoms with Gasteiger partial charge in [-0.3, -0.25) is 0 Å². The van der Waals surface area contributed by atoms with E-state index in [0.29, 0.717) is 0 Å². The number of thiophene rings is 1. The Morgan fingerprint density at radius 2 is 2.36 bits per heavy atom. The van der Waals surface area contributed by atoms with Gasteiger partial charge in [-0.25, -0.2) is 9.97 Å². The van der Waals surface area contributed by atoms with Gasteiger partial charge in [-0.2, -0.15) is 0 Å². The lowest BCUT2D eigenvalue weighted by atomic mass is 10.3. The summed E-state index contributed by atoms with van der Waals surface area (Å²) < 4.78 is 2.28. The number of fused-ring (bicyclic) bond motifs is 1. The van der Waals surface area contributed by atoms with Crippen LogP contribution in [0, 0.1) is 6.92 Å². The molecule has 0 saturated heterocycles. The second kappa shape index (κ2) is 2.53. The third kappa shape index (κ3) is 1.06. The van der Waals surface area contributed by atoms with E-state index in [4.69, 9.17) is 0 Å². The fourth-order valence-electron chi connectivity index (χ4n) is 0.939. The Balaban J connectivity index is 2.92. The van der Waals surface area contributed by atoms with Gasteiger partial charge in [0.2, 0.25) is 0 Å². The topological polar surface area (TPSA) is 25.8 Å². The molecule has 0 radical (unpaired) electrons. The Kier molecular flexibility index (Phi) is 1.65. The molecule has 4 heteroatoms. The summed E-state index contributed by atoms with van der Waals surface area (Å²) in [5.74, 6) is 0. The molecule has 0 fully saturated rings. The van der Waals surface area contributed by atoms with Crippen molar-refractivity contribution < 1.29 is 0 Å². The highest BCUT2D eigenvalue weighted by Gasteiger charge is 2.05. The fourth-order valence-corrected chi connectivity index (χ4v) is 2.51. The van der Waals surface area contributed by atoms with Gasteiger partial charge in [0.15, 0.2) is 0 Å². The monoisotopic (exact) mass is 228 g/mol. The highest BCUT2D eigenvalue weighted by molar-refractivity contribution is 9.11. The first-order valence-electron chi connectivity index (χ1n) is 3.13. The number of halogens is 1. The third-order valence-electron chi connectivity index (χ3n) is 1.53. The summed E-state index contributed by atoms with van der Waals surface area (Å²) in [6.45, 7) is 2.05. The standard InChI is InChI=1S/C7H5BrN2S/c1-4-6-5(11-7(4)8)2-9-3-10-6/h2-3H,1H3. The van der Waals surface area contributed by atoms with Gasteiger partial charge in [0.05, 0.1) is 14.0 Å². The molecule has 2 aromatic heterocycles. The molecule has 0 spiro atoms. The third-order valence-corrected chi connectivity index (χ3v) is 3.61. The Morgan fingerprint density at radius 1 is 1.55 bits per heavy atom. The van der Waals surface area contributed by atoms with E-state index in [2.05, 4.69) is 32.8 Å². The average Bonchev–Trinajstić information content (AvgIpc) is 2.30. The number of hydrogen-bond donors (Lipinski definition) is 0. The van der Waals surface area contributed by atoms with E-state index in [1.165, 1.54) is 5.56 Å². The first-order valence-corrected chi connectivity index (χ1v) is 4.74. The van der Waals surface area contributed by atoms with Gasteiger partial charge in [0, 0.05) is 11.8 Å². The van der Waals surface area contributed by atoms with E-state index in [0.717, 1.165) is 14.0 Å². The van der Waals surface area contributed by atoms with Gasteiger partial charge in [-0.1, -0.05) is 0 Å². The van der Waals surface area contributed by atoms with Crippen LogP contribution in [0.1, 0.15) is 5.56 Å². The second-order valence-corrected chi connectivity index (χ2v) is 4.61. The largest absolute Gasteiger partial charge is 0.243 e. The van der Waals surface area contributed by atoms with Crippen molar-refractivity contribution in [1.82, 2.24) is 9.97 Å². The molecule has 0 aromatic carbocycles. The SMILES string of the molecule is Cc1c(Br)sc2cncnc12. The summed E-state index contributed by atoms with van der Waals surface area (Å²) in [6, 6.07) is 0. The van der Waals surface area contributed by atoms with E-state index in [1.54, 1.807) is 17.7 Å². The Hall–Kier alpha value is -0.480. The number of aromatic nitrogens is 2.